The number of rotatable bonds is 2. The summed E-state index contributed by atoms with van der Waals surface area (Å²) in [5.74, 6) is 2.57. The molecule has 2 heteroatoms. The highest BCUT2D eigenvalue weighted by Crippen LogP contribution is 2.17. The van der Waals surface area contributed by atoms with Crippen molar-refractivity contribution in [3.8, 4) is 12.3 Å². The second kappa shape index (κ2) is 4.04. The van der Waals surface area contributed by atoms with Crippen LogP contribution in [0.3, 0.4) is 0 Å². The molecule has 0 aliphatic carbocycles. The molecule has 0 amide bonds. The molecule has 1 rings (SSSR count). The number of nitrogens with zero attached hydrogens (tertiary/aromatic N) is 1. The highest BCUT2D eigenvalue weighted by molar-refractivity contribution is 6.30. The molecule has 0 atom stereocenters. The van der Waals surface area contributed by atoms with Crippen molar-refractivity contribution in [3.63, 3.8) is 0 Å². The van der Waals surface area contributed by atoms with E-state index in [1.807, 2.05) is 36.2 Å². The van der Waals surface area contributed by atoms with Crippen molar-refractivity contribution in [1.82, 2.24) is 0 Å². The molecular weight excluding hydrogens is 170 g/mol. The van der Waals surface area contributed by atoms with Crippen molar-refractivity contribution in [2.45, 2.75) is 0 Å². The average Bonchev–Trinajstić information content (AvgIpc) is 2.05. The Morgan fingerprint density at radius 2 is 2.33 bits per heavy atom. The molecular formula is C10H10ClN. The first kappa shape index (κ1) is 8.96. The topological polar surface area (TPSA) is 3.24 Å². The Hall–Kier alpha value is -1.13. The lowest BCUT2D eigenvalue weighted by Crippen LogP contribution is -2.16. The highest BCUT2D eigenvalue weighted by atomic mass is 35.5. The van der Waals surface area contributed by atoms with Crippen LogP contribution in [0.15, 0.2) is 24.3 Å². The van der Waals surface area contributed by atoms with Crippen LogP contribution in [0.2, 0.25) is 5.02 Å². The smallest absolute Gasteiger partial charge is 0.0788 e. The molecule has 0 spiro atoms. The molecule has 0 aliphatic heterocycles. The first-order valence-electron chi connectivity index (χ1n) is 3.64. The van der Waals surface area contributed by atoms with E-state index in [9.17, 15) is 0 Å². The molecule has 0 heterocycles. The van der Waals surface area contributed by atoms with Crippen LogP contribution in [0.4, 0.5) is 5.69 Å². The van der Waals surface area contributed by atoms with Gasteiger partial charge in [-0.05, 0) is 18.2 Å². The van der Waals surface area contributed by atoms with E-state index in [0.717, 1.165) is 10.7 Å². The Morgan fingerprint density at radius 1 is 1.58 bits per heavy atom. The standard InChI is InChI=1S/C10H10ClN/c1-3-7-12(2)10-6-4-5-9(11)8-10/h1,4-6,8H,7H2,2H3. The quantitative estimate of drug-likeness (QED) is 0.631. The van der Waals surface area contributed by atoms with Gasteiger partial charge in [0.2, 0.25) is 0 Å². The van der Waals surface area contributed by atoms with Gasteiger partial charge in [0.25, 0.3) is 0 Å². The van der Waals surface area contributed by atoms with Crippen molar-refractivity contribution in [2.75, 3.05) is 18.5 Å². The van der Waals surface area contributed by atoms with Crippen molar-refractivity contribution >= 4 is 17.3 Å². The van der Waals surface area contributed by atoms with Crippen LogP contribution < -0.4 is 4.90 Å². The maximum atomic E-state index is 5.81. The van der Waals surface area contributed by atoms with E-state index in [1.54, 1.807) is 0 Å². The average molecular weight is 180 g/mol. The predicted molar refractivity (Wildman–Crippen MR) is 53.6 cm³/mol. The van der Waals surface area contributed by atoms with E-state index >= 15 is 0 Å². The molecule has 0 radical (unpaired) electrons. The second-order valence-corrected chi connectivity index (χ2v) is 2.98. The summed E-state index contributed by atoms with van der Waals surface area (Å²) in [5.41, 5.74) is 1.04. The summed E-state index contributed by atoms with van der Waals surface area (Å²) in [4.78, 5) is 1.96. The summed E-state index contributed by atoms with van der Waals surface area (Å²) in [6.07, 6.45) is 5.18. The second-order valence-electron chi connectivity index (χ2n) is 2.54. The summed E-state index contributed by atoms with van der Waals surface area (Å²) < 4.78 is 0. The number of terminal acetylenes is 1. The number of anilines is 1. The zero-order valence-electron chi connectivity index (χ0n) is 6.92. The van der Waals surface area contributed by atoms with Crippen LogP contribution >= 0.6 is 11.6 Å². The molecule has 62 valence electrons. The van der Waals surface area contributed by atoms with Crippen molar-refractivity contribution in [3.05, 3.63) is 29.3 Å². The third-order valence-corrected chi connectivity index (χ3v) is 1.81. The fourth-order valence-corrected chi connectivity index (χ4v) is 1.13. The molecule has 0 fully saturated rings. The molecule has 0 aliphatic rings. The summed E-state index contributed by atoms with van der Waals surface area (Å²) in [6.45, 7) is 0.598. The maximum Gasteiger partial charge on any atom is 0.0788 e. The lowest BCUT2D eigenvalue weighted by atomic mass is 10.3. The molecule has 12 heavy (non-hydrogen) atoms. The molecule has 1 nitrogen and oxygen atoms in total. The Bertz CT molecular complexity index is 301. The third kappa shape index (κ3) is 2.18. The van der Waals surface area contributed by atoms with Gasteiger partial charge in [0.05, 0.1) is 6.54 Å². The zero-order valence-corrected chi connectivity index (χ0v) is 7.67. The molecule has 1 aromatic rings. The molecule has 0 unspecified atom stereocenters. The minimum Gasteiger partial charge on any atom is -0.363 e. The molecule has 1 aromatic carbocycles. The van der Waals surface area contributed by atoms with Gasteiger partial charge >= 0.3 is 0 Å². The summed E-state index contributed by atoms with van der Waals surface area (Å²) in [5, 5.41) is 0.733. The summed E-state index contributed by atoms with van der Waals surface area (Å²) in [6, 6.07) is 7.61. The van der Waals surface area contributed by atoms with Gasteiger partial charge in [0.15, 0.2) is 0 Å². The fraction of sp³-hybridized carbons (Fsp3) is 0.200. The van der Waals surface area contributed by atoms with E-state index in [2.05, 4.69) is 5.92 Å². The maximum absolute atomic E-state index is 5.81. The SMILES string of the molecule is C#CCN(C)c1cccc(Cl)c1. The van der Waals surface area contributed by atoms with E-state index in [-0.39, 0.29) is 0 Å². The minimum atomic E-state index is 0.598. The van der Waals surface area contributed by atoms with Gasteiger partial charge in [-0.25, -0.2) is 0 Å². The lowest BCUT2D eigenvalue weighted by Gasteiger charge is -2.15. The van der Waals surface area contributed by atoms with Crippen LogP contribution in [0, 0.1) is 12.3 Å². The van der Waals surface area contributed by atoms with Gasteiger partial charge < -0.3 is 4.90 Å². The van der Waals surface area contributed by atoms with Gasteiger partial charge in [0, 0.05) is 17.8 Å². The van der Waals surface area contributed by atoms with Gasteiger partial charge in [-0.3, -0.25) is 0 Å². The molecule has 0 N–H and O–H groups in total. The monoisotopic (exact) mass is 179 g/mol. The molecule has 0 saturated heterocycles. The van der Waals surface area contributed by atoms with Crippen LogP contribution in [0.1, 0.15) is 0 Å². The first-order chi connectivity index (χ1) is 5.74. The molecule has 0 saturated carbocycles. The van der Waals surface area contributed by atoms with E-state index < -0.39 is 0 Å². The minimum absolute atomic E-state index is 0.598. The third-order valence-electron chi connectivity index (χ3n) is 1.58. The van der Waals surface area contributed by atoms with Gasteiger partial charge in [-0.1, -0.05) is 23.6 Å². The summed E-state index contributed by atoms with van der Waals surface area (Å²) in [7, 11) is 1.94. The Balaban J connectivity index is 2.82. The van der Waals surface area contributed by atoms with Crippen LogP contribution in [-0.4, -0.2) is 13.6 Å². The van der Waals surface area contributed by atoms with E-state index in [1.165, 1.54) is 0 Å². The van der Waals surface area contributed by atoms with Gasteiger partial charge in [-0.2, -0.15) is 0 Å². The Morgan fingerprint density at radius 3 is 2.92 bits per heavy atom. The van der Waals surface area contributed by atoms with E-state index in [4.69, 9.17) is 18.0 Å². The first-order valence-corrected chi connectivity index (χ1v) is 4.02. The van der Waals surface area contributed by atoms with Crippen LogP contribution in [0.25, 0.3) is 0 Å². The van der Waals surface area contributed by atoms with Crippen molar-refractivity contribution in [2.24, 2.45) is 0 Å². The van der Waals surface area contributed by atoms with E-state index in [0.29, 0.717) is 6.54 Å². The van der Waals surface area contributed by atoms with Gasteiger partial charge in [0.1, 0.15) is 0 Å². The highest BCUT2D eigenvalue weighted by Gasteiger charge is 1.97. The Labute approximate surface area is 78.0 Å². The number of halogens is 1. The Kier molecular flexibility index (Phi) is 3.01. The largest absolute Gasteiger partial charge is 0.363 e. The van der Waals surface area contributed by atoms with Crippen molar-refractivity contribution in [1.29, 1.82) is 0 Å². The fourth-order valence-electron chi connectivity index (χ4n) is 0.942. The predicted octanol–water partition coefficient (Wildman–Crippen LogP) is 2.41. The number of hydrogen-bond acceptors (Lipinski definition) is 1. The lowest BCUT2D eigenvalue weighted by molar-refractivity contribution is 1.05. The van der Waals surface area contributed by atoms with Crippen LogP contribution in [-0.2, 0) is 0 Å². The number of benzene rings is 1. The number of hydrogen-bond donors (Lipinski definition) is 0. The zero-order chi connectivity index (χ0) is 8.97. The van der Waals surface area contributed by atoms with Crippen LogP contribution in [0.5, 0.6) is 0 Å². The van der Waals surface area contributed by atoms with Crippen molar-refractivity contribution < 1.29 is 0 Å². The summed E-state index contributed by atoms with van der Waals surface area (Å²) >= 11 is 5.81. The van der Waals surface area contributed by atoms with Gasteiger partial charge in [-0.15, -0.1) is 6.42 Å². The molecule has 0 aromatic heterocycles. The molecule has 0 bridgehead atoms. The normalized spacial score (nSPS) is 9.08.